The molecule has 0 unspecified atom stereocenters. The van der Waals surface area contributed by atoms with E-state index < -0.39 is 0 Å². The first-order valence-electron chi connectivity index (χ1n) is 9.60. The highest BCUT2D eigenvalue weighted by atomic mass is 16.5. The molecule has 3 heterocycles. The lowest BCUT2D eigenvalue weighted by atomic mass is 10.0. The molecule has 3 aromatic heterocycles. The van der Waals surface area contributed by atoms with Crippen LogP contribution in [0, 0.1) is 13.8 Å². The summed E-state index contributed by atoms with van der Waals surface area (Å²) in [6, 6.07) is 16.3. The number of rotatable bonds is 4. The third kappa shape index (κ3) is 2.93. The summed E-state index contributed by atoms with van der Waals surface area (Å²) in [5.74, 6) is 0.782. The molecule has 0 aliphatic heterocycles. The van der Waals surface area contributed by atoms with Crippen molar-refractivity contribution in [2.45, 2.75) is 26.8 Å². The highest BCUT2D eigenvalue weighted by Crippen LogP contribution is 2.31. The fourth-order valence-corrected chi connectivity index (χ4v) is 4.00. The van der Waals surface area contributed by atoms with Gasteiger partial charge in [-0.1, -0.05) is 47.6 Å². The smallest absolute Gasteiger partial charge is 0.326 e. The zero-order chi connectivity index (χ0) is 20.0. The average molecular weight is 384 g/mol. The zero-order valence-corrected chi connectivity index (χ0v) is 16.3. The Balaban J connectivity index is 1.63. The first-order valence-corrected chi connectivity index (χ1v) is 9.60. The number of imidazole rings is 1. The van der Waals surface area contributed by atoms with E-state index in [0.29, 0.717) is 6.54 Å². The molecule has 6 heteroatoms. The Bertz CT molecular complexity index is 1370. The Morgan fingerprint density at radius 1 is 1.10 bits per heavy atom. The molecule has 0 fully saturated rings. The van der Waals surface area contributed by atoms with Crippen molar-refractivity contribution in [2.75, 3.05) is 0 Å². The molecule has 0 saturated carbocycles. The van der Waals surface area contributed by atoms with Crippen molar-refractivity contribution in [2.24, 2.45) is 0 Å². The Hall–Kier alpha value is -3.67. The third-order valence-corrected chi connectivity index (χ3v) is 5.39. The van der Waals surface area contributed by atoms with Crippen molar-refractivity contribution in [3.8, 4) is 11.1 Å². The molecular formula is C23H20N4O2. The topological polar surface area (TPSA) is 76.7 Å². The Morgan fingerprint density at radius 2 is 1.93 bits per heavy atom. The van der Waals surface area contributed by atoms with Gasteiger partial charge in [-0.15, -0.1) is 0 Å². The number of hydrogen-bond donors (Lipinski definition) is 1. The fourth-order valence-electron chi connectivity index (χ4n) is 4.00. The highest BCUT2D eigenvalue weighted by molar-refractivity contribution is 6.03. The van der Waals surface area contributed by atoms with Crippen molar-refractivity contribution >= 4 is 21.9 Å². The van der Waals surface area contributed by atoms with Gasteiger partial charge in [0.25, 0.3) is 0 Å². The Kier molecular flexibility index (Phi) is 4.05. The van der Waals surface area contributed by atoms with Gasteiger partial charge < -0.3 is 9.51 Å². The van der Waals surface area contributed by atoms with Gasteiger partial charge in [0, 0.05) is 17.5 Å². The quantitative estimate of drug-likeness (QED) is 0.498. The number of nitrogens with one attached hydrogen (secondary N) is 1. The molecule has 0 spiro atoms. The van der Waals surface area contributed by atoms with E-state index >= 15 is 0 Å². The van der Waals surface area contributed by atoms with Gasteiger partial charge in [-0.3, -0.25) is 9.55 Å². The van der Waals surface area contributed by atoms with E-state index in [9.17, 15) is 4.79 Å². The van der Waals surface area contributed by atoms with Crippen LogP contribution < -0.4 is 5.69 Å². The van der Waals surface area contributed by atoms with Crippen LogP contribution in [0.1, 0.15) is 17.0 Å². The van der Waals surface area contributed by atoms with Crippen molar-refractivity contribution in [1.82, 2.24) is 19.7 Å². The molecule has 0 aliphatic rings. The second-order valence-electron chi connectivity index (χ2n) is 7.27. The van der Waals surface area contributed by atoms with Crippen LogP contribution in [0.2, 0.25) is 0 Å². The second-order valence-corrected chi connectivity index (χ2v) is 7.27. The molecule has 0 radical (unpaired) electrons. The molecule has 144 valence electrons. The summed E-state index contributed by atoms with van der Waals surface area (Å²) >= 11 is 0. The second kappa shape index (κ2) is 6.74. The predicted molar refractivity (Wildman–Crippen MR) is 113 cm³/mol. The van der Waals surface area contributed by atoms with Crippen LogP contribution in [0.25, 0.3) is 33.1 Å². The highest BCUT2D eigenvalue weighted by Gasteiger charge is 2.15. The molecule has 29 heavy (non-hydrogen) atoms. The molecule has 5 aromatic rings. The number of hydrogen-bond acceptors (Lipinski definition) is 4. The number of H-pyrrole nitrogens is 1. The van der Waals surface area contributed by atoms with Crippen molar-refractivity contribution in [1.29, 1.82) is 0 Å². The normalized spacial score (nSPS) is 11.5. The minimum atomic E-state index is -0.111. The minimum absolute atomic E-state index is 0.111. The fraction of sp³-hybridized carbons (Fsp3) is 0.174. The number of pyridine rings is 1. The van der Waals surface area contributed by atoms with Gasteiger partial charge in [-0.2, -0.15) is 0 Å². The Morgan fingerprint density at radius 3 is 2.69 bits per heavy atom. The van der Waals surface area contributed by atoms with Crippen molar-refractivity contribution in [3.63, 3.8) is 0 Å². The van der Waals surface area contributed by atoms with Gasteiger partial charge in [-0.25, -0.2) is 4.79 Å². The lowest BCUT2D eigenvalue weighted by Gasteiger charge is -2.08. The van der Waals surface area contributed by atoms with Crippen LogP contribution in [0.4, 0.5) is 0 Å². The van der Waals surface area contributed by atoms with Crippen LogP contribution in [-0.2, 0) is 13.0 Å². The lowest BCUT2D eigenvalue weighted by molar-refractivity contribution is 0.393. The molecule has 0 aliphatic carbocycles. The van der Waals surface area contributed by atoms with E-state index in [-0.39, 0.29) is 5.69 Å². The number of benzene rings is 2. The molecule has 6 nitrogen and oxygen atoms in total. The number of aromatic nitrogens is 4. The van der Waals surface area contributed by atoms with Crippen molar-refractivity contribution in [3.05, 3.63) is 82.2 Å². The summed E-state index contributed by atoms with van der Waals surface area (Å²) < 4.78 is 7.12. The van der Waals surface area contributed by atoms with Gasteiger partial charge in [0.05, 0.1) is 28.4 Å². The SMILES string of the molecule is Cc1noc(C)c1-c1ccc2c(c1)ncc1[nH]c(=O)n(CCc3ccccc3)c12. The standard InChI is InChI=1S/C23H20N4O2/c1-14-21(15(2)29-26-14)17-8-9-18-19(12-17)24-13-20-22(18)27(23(28)25-20)11-10-16-6-4-3-5-7-16/h3-9,12-13H,10-11H2,1-2H3,(H,25,28). The summed E-state index contributed by atoms with van der Waals surface area (Å²) in [6.45, 7) is 4.44. The molecule has 5 rings (SSSR count). The first kappa shape index (κ1) is 17.4. The number of aryl methyl sites for hydroxylation is 4. The number of fused-ring (bicyclic) bond motifs is 3. The van der Waals surface area contributed by atoms with E-state index in [0.717, 1.165) is 50.9 Å². The zero-order valence-electron chi connectivity index (χ0n) is 16.3. The maximum Gasteiger partial charge on any atom is 0.326 e. The van der Waals surface area contributed by atoms with E-state index in [1.807, 2.05) is 54.8 Å². The van der Waals surface area contributed by atoms with Crippen LogP contribution >= 0.6 is 0 Å². The summed E-state index contributed by atoms with van der Waals surface area (Å²) in [4.78, 5) is 20.1. The molecule has 0 bridgehead atoms. The monoisotopic (exact) mass is 384 g/mol. The summed E-state index contributed by atoms with van der Waals surface area (Å²) in [5.41, 5.74) is 6.42. The predicted octanol–water partition coefficient (Wildman–Crippen LogP) is 4.39. The van der Waals surface area contributed by atoms with Crippen LogP contribution in [0.3, 0.4) is 0 Å². The maximum atomic E-state index is 12.6. The molecule has 2 aromatic carbocycles. The van der Waals surface area contributed by atoms with Gasteiger partial charge in [0.2, 0.25) is 0 Å². The van der Waals surface area contributed by atoms with Crippen LogP contribution in [0.15, 0.2) is 64.0 Å². The lowest BCUT2D eigenvalue weighted by Crippen LogP contribution is -2.18. The number of nitrogens with zero attached hydrogens (tertiary/aromatic N) is 3. The van der Waals surface area contributed by atoms with Gasteiger partial charge in [0.1, 0.15) is 5.76 Å². The van der Waals surface area contributed by atoms with Crippen LogP contribution in [0.5, 0.6) is 0 Å². The molecule has 1 N–H and O–H groups in total. The molecule has 0 atom stereocenters. The summed E-state index contributed by atoms with van der Waals surface area (Å²) in [5, 5.41) is 5.00. The molecular weight excluding hydrogens is 364 g/mol. The van der Waals surface area contributed by atoms with Gasteiger partial charge in [-0.05, 0) is 37.5 Å². The van der Waals surface area contributed by atoms with E-state index in [2.05, 4.69) is 27.3 Å². The number of aromatic amines is 1. The first-order chi connectivity index (χ1) is 14.1. The van der Waals surface area contributed by atoms with Crippen molar-refractivity contribution < 1.29 is 4.52 Å². The summed E-state index contributed by atoms with van der Waals surface area (Å²) in [6.07, 6.45) is 2.52. The van der Waals surface area contributed by atoms with E-state index in [1.165, 1.54) is 5.56 Å². The van der Waals surface area contributed by atoms with E-state index in [1.54, 1.807) is 6.20 Å². The average Bonchev–Trinajstić information content (AvgIpc) is 3.24. The molecule has 0 saturated heterocycles. The van der Waals surface area contributed by atoms with Gasteiger partial charge >= 0.3 is 5.69 Å². The minimum Gasteiger partial charge on any atom is -0.361 e. The Labute approximate surface area is 166 Å². The van der Waals surface area contributed by atoms with E-state index in [4.69, 9.17) is 4.52 Å². The largest absolute Gasteiger partial charge is 0.361 e. The summed E-state index contributed by atoms with van der Waals surface area (Å²) in [7, 11) is 0. The molecule has 0 amide bonds. The van der Waals surface area contributed by atoms with Crippen LogP contribution in [-0.4, -0.2) is 19.7 Å². The third-order valence-electron chi connectivity index (χ3n) is 5.39. The maximum absolute atomic E-state index is 12.6. The van der Waals surface area contributed by atoms with Gasteiger partial charge in [0.15, 0.2) is 0 Å².